The highest BCUT2D eigenvalue weighted by atomic mass is 16.3. The first-order valence-corrected chi connectivity index (χ1v) is 5.44. The van der Waals surface area contributed by atoms with Gasteiger partial charge in [-0.1, -0.05) is 6.58 Å². The standard InChI is InChI=1S/C11H25N2O/c1-3-8-13(2,10-6-11-14)9-5-4-7-12/h3,14H,1,4-12H2,2H3/q+1. The number of nitrogens with zero attached hydrogens (tertiary/aromatic N) is 1. The second kappa shape index (κ2) is 7.97. The third-order valence-electron chi connectivity index (χ3n) is 2.58. The molecule has 0 rings (SSSR count). The Kier molecular flexibility index (Phi) is 7.76. The van der Waals surface area contributed by atoms with Crippen LogP contribution in [0.25, 0.3) is 0 Å². The molecule has 3 nitrogen and oxygen atoms in total. The lowest BCUT2D eigenvalue weighted by molar-refractivity contribution is -0.904. The monoisotopic (exact) mass is 201 g/mol. The molecule has 0 aromatic rings. The summed E-state index contributed by atoms with van der Waals surface area (Å²) >= 11 is 0. The molecule has 3 N–H and O–H groups in total. The summed E-state index contributed by atoms with van der Waals surface area (Å²) in [6, 6.07) is 0. The van der Waals surface area contributed by atoms with Crippen LogP contribution in [0, 0.1) is 0 Å². The Balaban J connectivity index is 3.88. The van der Waals surface area contributed by atoms with Crippen LogP contribution in [0.4, 0.5) is 0 Å². The van der Waals surface area contributed by atoms with E-state index in [1.54, 1.807) is 0 Å². The molecule has 14 heavy (non-hydrogen) atoms. The zero-order chi connectivity index (χ0) is 10.9. The van der Waals surface area contributed by atoms with Gasteiger partial charge >= 0.3 is 0 Å². The highest BCUT2D eigenvalue weighted by Crippen LogP contribution is 2.07. The Bertz CT molecular complexity index is 150. The van der Waals surface area contributed by atoms with Crippen LogP contribution in [0.2, 0.25) is 0 Å². The molecular formula is C11H25N2O+. The number of rotatable bonds is 9. The summed E-state index contributed by atoms with van der Waals surface area (Å²) in [5.74, 6) is 0. The molecule has 0 aromatic heterocycles. The SMILES string of the molecule is C=CC[N+](C)(CCCO)CCCCN. The molecule has 3 heteroatoms. The average molecular weight is 201 g/mol. The molecule has 0 amide bonds. The van der Waals surface area contributed by atoms with E-state index in [-0.39, 0.29) is 6.61 Å². The number of aliphatic hydroxyl groups excluding tert-OH is 1. The van der Waals surface area contributed by atoms with E-state index in [9.17, 15) is 0 Å². The number of aliphatic hydroxyl groups is 1. The van der Waals surface area contributed by atoms with Crippen molar-refractivity contribution >= 4 is 0 Å². The fraction of sp³-hybridized carbons (Fsp3) is 0.818. The van der Waals surface area contributed by atoms with E-state index in [2.05, 4.69) is 13.6 Å². The Morgan fingerprint density at radius 1 is 1.29 bits per heavy atom. The molecular weight excluding hydrogens is 176 g/mol. The van der Waals surface area contributed by atoms with Gasteiger partial charge in [0.1, 0.15) is 0 Å². The highest BCUT2D eigenvalue weighted by molar-refractivity contribution is 4.65. The van der Waals surface area contributed by atoms with Crippen molar-refractivity contribution < 1.29 is 9.59 Å². The van der Waals surface area contributed by atoms with Crippen molar-refractivity contribution in [2.24, 2.45) is 5.73 Å². The Hall–Kier alpha value is -0.380. The summed E-state index contributed by atoms with van der Waals surface area (Å²) < 4.78 is 0.976. The van der Waals surface area contributed by atoms with Gasteiger partial charge in [-0.15, -0.1) is 0 Å². The lowest BCUT2D eigenvalue weighted by Crippen LogP contribution is -2.46. The van der Waals surface area contributed by atoms with Crippen LogP contribution in [0.1, 0.15) is 19.3 Å². The first-order chi connectivity index (χ1) is 6.68. The van der Waals surface area contributed by atoms with Gasteiger partial charge in [0, 0.05) is 13.0 Å². The molecule has 0 bridgehead atoms. The van der Waals surface area contributed by atoms with Gasteiger partial charge < -0.3 is 15.3 Å². The first kappa shape index (κ1) is 13.6. The highest BCUT2D eigenvalue weighted by Gasteiger charge is 2.18. The van der Waals surface area contributed by atoms with E-state index in [1.807, 2.05) is 6.08 Å². The molecule has 0 saturated carbocycles. The summed E-state index contributed by atoms with van der Waals surface area (Å²) in [5, 5.41) is 8.81. The molecule has 0 spiro atoms. The summed E-state index contributed by atoms with van der Waals surface area (Å²) in [7, 11) is 2.22. The molecule has 0 fully saturated rings. The van der Waals surface area contributed by atoms with Gasteiger partial charge in [0.05, 0.1) is 26.7 Å². The van der Waals surface area contributed by atoms with Crippen LogP contribution in [0.3, 0.4) is 0 Å². The Morgan fingerprint density at radius 3 is 2.43 bits per heavy atom. The molecule has 0 aliphatic rings. The molecule has 1 unspecified atom stereocenters. The van der Waals surface area contributed by atoms with Crippen molar-refractivity contribution in [2.45, 2.75) is 19.3 Å². The lowest BCUT2D eigenvalue weighted by atomic mass is 10.2. The predicted octanol–water partition coefficient (Wildman–Crippen LogP) is 0.740. The number of hydrogen-bond donors (Lipinski definition) is 2. The van der Waals surface area contributed by atoms with Gasteiger partial charge in [-0.2, -0.15) is 0 Å². The van der Waals surface area contributed by atoms with E-state index in [1.165, 1.54) is 0 Å². The normalized spacial score (nSPS) is 15.1. The zero-order valence-electron chi connectivity index (χ0n) is 9.41. The van der Waals surface area contributed by atoms with E-state index in [0.717, 1.165) is 49.9 Å². The van der Waals surface area contributed by atoms with Gasteiger partial charge in [-0.3, -0.25) is 0 Å². The van der Waals surface area contributed by atoms with Crippen LogP contribution in [-0.4, -0.2) is 49.4 Å². The fourth-order valence-electron chi connectivity index (χ4n) is 1.70. The van der Waals surface area contributed by atoms with Gasteiger partial charge in [0.25, 0.3) is 0 Å². The van der Waals surface area contributed by atoms with Crippen molar-refractivity contribution in [2.75, 3.05) is 39.8 Å². The first-order valence-electron chi connectivity index (χ1n) is 5.44. The third kappa shape index (κ3) is 6.13. The Morgan fingerprint density at radius 2 is 1.93 bits per heavy atom. The summed E-state index contributed by atoms with van der Waals surface area (Å²) in [6.07, 6.45) is 5.07. The van der Waals surface area contributed by atoms with Crippen molar-refractivity contribution in [1.82, 2.24) is 0 Å². The maximum absolute atomic E-state index is 8.81. The number of hydrogen-bond acceptors (Lipinski definition) is 2. The zero-order valence-corrected chi connectivity index (χ0v) is 9.41. The van der Waals surface area contributed by atoms with E-state index in [4.69, 9.17) is 10.8 Å². The van der Waals surface area contributed by atoms with E-state index >= 15 is 0 Å². The molecule has 0 saturated heterocycles. The van der Waals surface area contributed by atoms with Gasteiger partial charge in [-0.25, -0.2) is 0 Å². The molecule has 0 aromatic carbocycles. The number of likely N-dealkylation sites (N-methyl/N-ethyl adjacent to an activating group) is 1. The van der Waals surface area contributed by atoms with Crippen LogP contribution >= 0.6 is 0 Å². The minimum atomic E-state index is 0.280. The predicted molar refractivity (Wildman–Crippen MR) is 61.0 cm³/mol. The topological polar surface area (TPSA) is 46.2 Å². The molecule has 0 aliphatic heterocycles. The molecule has 0 heterocycles. The lowest BCUT2D eigenvalue weighted by Gasteiger charge is -2.33. The van der Waals surface area contributed by atoms with Crippen molar-refractivity contribution in [1.29, 1.82) is 0 Å². The van der Waals surface area contributed by atoms with Crippen molar-refractivity contribution in [3.05, 3.63) is 12.7 Å². The number of quaternary nitrogens is 1. The second-order valence-electron chi connectivity index (χ2n) is 4.11. The van der Waals surface area contributed by atoms with E-state index < -0.39 is 0 Å². The number of unbranched alkanes of at least 4 members (excludes halogenated alkanes) is 1. The van der Waals surface area contributed by atoms with Gasteiger partial charge in [0.2, 0.25) is 0 Å². The van der Waals surface area contributed by atoms with Crippen molar-refractivity contribution in [3.63, 3.8) is 0 Å². The van der Waals surface area contributed by atoms with Gasteiger partial charge in [-0.05, 0) is 25.5 Å². The van der Waals surface area contributed by atoms with Gasteiger partial charge in [0.15, 0.2) is 0 Å². The number of nitrogens with two attached hydrogens (primary N) is 1. The minimum absolute atomic E-state index is 0.280. The van der Waals surface area contributed by atoms with Crippen molar-refractivity contribution in [3.8, 4) is 0 Å². The van der Waals surface area contributed by atoms with Crippen LogP contribution < -0.4 is 5.73 Å². The largest absolute Gasteiger partial charge is 0.396 e. The summed E-state index contributed by atoms with van der Waals surface area (Å²) in [5.41, 5.74) is 5.46. The second-order valence-corrected chi connectivity index (χ2v) is 4.11. The third-order valence-corrected chi connectivity index (χ3v) is 2.58. The fourth-order valence-corrected chi connectivity index (χ4v) is 1.70. The maximum Gasteiger partial charge on any atom is 0.0969 e. The van der Waals surface area contributed by atoms with Crippen LogP contribution in [0.5, 0.6) is 0 Å². The Labute approximate surface area is 87.8 Å². The maximum atomic E-state index is 8.81. The smallest absolute Gasteiger partial charge is 0.0969 e. The van der Waals surface area contributed by atoms with Crippen LogP contribution in [0.15, 0.2) is 12.7 Å². The molecule has 84 valence electrons. The quantitative estimate of drug-likeness (QED) is 0.328. The average Bonchev–Trinajstić information content (AvgIpc) is 2.16. The molecule has 0 radical (unpaired) electrons. The minimum Gasteiger partial charge on any atom is -0.396 e. The summed E-state index contributed by atoms with van der Waals surface area (Å²) in [6.45, 7) is 7.96. The van der Waals surface area contributed by atoms with Crippen LogP contribution in [-0.2, 0) is 0 Å². The molecule has 0 aliphatic carbocycles. The molecule has 1 atom stereocenters. The van der Waals surface area contributed by atoms with E-state index in [0.29, 0.717) is 0 Å². The summed E-state index contributed by atoms with van der Waals surface area (Å²) in [4.78, 5) is 0.